The van der Waals surface area contributed by atoms with Crippen LogP contribution in [0, 0.1) is 0 Å². The van der Waals surface area contributed by atoms with E-state index in [1.54, 1.807) is 14.5 Å². The molecule has 0 amide bonds. The van der Waals surface area contributed by atoms with Crippen molar-refractivity contribution in [2.45, 2.75) is 534 Å². The van der Waals surface area contributed by atoms with Gasteiger partial charge in [0.15, 0.2) is 0 Å². The Morgan fingerprint density at radius 3 is 0.774 bits per heavy atom. The number of aryl methyl sites for hydroxylation is 4. The van der Waals surface area contributed by atoms with Crippen LogP contribution in [0.3, 0.4) is 0 Å². The first-order chi connectivity index (χ1) is 52.4. The van der Waals surface area contributed by atoms with Gasteiger partial charge in [0.2, 0.25) is 11.4 Å². The summed E-state index contributed by atoms with van der Waals surface area (Å²) in [6.07, 6.45) is 110. The number of nitrogens with zero attached hydrogens (tertiary/aromatic N) is 2. The van der Waals surface area contributed by atoms with E-state index >= 15 is 0 Å². The molecule has 0 saturated heterocycles. The number of rotatable bonds is 79. The molecule has 1 heterocycles. The van der Waals surface area contributed by atoms with Gasteiger partial charge >= 0.3 is 157 Å². The summed E-state index contributed by atoms with van der Waals surface area (Å²) in [5, 5.41) is 0. The van der Waals surface area contributed by atoms with Crippen LogP contribution in [0.2, 0.25) is 9.79 Å². The van der Waals surface area contributed by atoms with Crippen LogP contribution in [-0.4, -0.2) is 4.70 Å². The first kappa shape index (κ1) is 99.7. The van der Waals surface area contributed by atoms with E-state index in [-0.39, 0.29) is 0 Å². The SMILES string of the molecule is CCCCCCCCCCCCCCCCCCCCCCC=CCCc1ccc(CCCC)cc1C1=C(C)C(CCCC)=C(c2cc(CCCC)ccc2CCC=CCCCCCCCCCCCCCCCCCCCCCC)[N+]1=[N-].CCCCCCCCCC[CH2][Pd][CH2]CCCCCCCCCC. The van der Waals surface area contributed by atoms with Crippen LogP contribution in [0.25, 0.3) is 16.9 Å². The summed E-state index contributed by atoms with van der Waals surface area (Å²) in [5.74, 6) is 0. The van der Waals surface area contributed by atoms with E-state index in [0.29, 0.717) is 0 Å². The van der Waals surface area contributed by atoms with Gasteiger partial charge in [-0.2, -0.15) is 0 Å². The van der Waals surface area contributed by atoms with Gasteiger partial charge in [0, 0.05) is 22.3 Å². The molecule has 0 spiro atoms. The first-order valence-corrected chi connectivity index (χ1v) is 50.5. The molecule has 3 rings (SSSR count). The summed E-state index contributed by atoms with van der Waals surface area (Å²) in [6.45, 7) is 18.4. The van der Waals surface area contributed by atoms with Crippen molar-refractivity contribution in [2.75, 3.05) is 0 Å². The third-order valence-corrected chi connectivity index (χ3v) is 25.6. The van der Waals surface area contributed by atoms with E-state index in [4.69, 9.17) is 0 Å². The Morgan fingerprint density at radius 1 is 0.255 bits per heavy atom. The van der Waals surface area contributed by atoms with Gasteiger partial charge in [-0.3, -0.25) is 0 Å². The molecule has 0 aromatic heterocycles. The van der Waals surface area contributed by atoms with Crippen molar-refractivity contribution in [2.24, 2.45) is 0 Å². The molecule has 616 valence electrons. The molecule has 3 heteroatoms. The molecule has 2 nitrogen and oxygen atoms in total. The fourth-order valence-corrected chi connectivity index (χ4v) is 18.1. The third kappa shape index (κ3) is 56.0. The summed E-state index contributed by atoms with van der Waals surface area (Å²) in [4.78, 5) is 3.09. The van der Waals surface area contributed by atoms with E-state index in [1.165, 1.54) is 455 Å². The zero-order chi connectivity index (χ0) is 76.2. The van der Waals surface area contributed by atoms with Gasteiger partial charge in [-0.05, 0) is 131 Å². The van der Waals surface area contributed by atoms with Crippen molar-refractivity contribution < 1.29 is 22.7 Å². The molecule has 1 aliphatic heterocycles. The van der Waals surface area contributed by atoms with Crippen LogP contribution >= 0.6 is 0 Å². The number of hydrogen-bond donors (Lipinski definition) is 0. The second-order valence-electron chi connectivity index (χ2n) is 33.6. The molecule has 0 atom stereocenters. The second kappa shape index (κ2) is 78.0. The molecular formula is C103H184N2Pd. The Labute approximate surface area is 674 Å². The van der Waals surface area contributed by atoms with Crippen LogP contribution in [0.15, 0.2) is 71.8 Å². The molecule has 1 aliphatic rings. The van der Waals surface area contributed by atoms with Gasteiger partial charge in [0.05, 0.1) is 0 Å². The maximum atomic E-state index is 12.8. The number of unbranched alkanes of at least 4 members (excludes halogenated alkanes) is 59. The Morgan fingerprint density at radius 2 is 0.491 bits per heavy atom. The number of hydrogen-bond acceptors (Lipinski definition) is 0. The Balaban J connectivity index is 0.00000141. The summed E-state index contributed by atoms with van der Waals surface area (Å²) in [6, 6.07) is 14.5. The third-order valence-electron chi connectivity index (χ3n) is 23.4. The average Bonchev–Trinajstić information content (AvgIpc) is 1.59. The normalized spacial score (nSPS) is 12.7. The van der Waals surface area contributed by atoms with Gasteiger partial charge in [-0.1, -0.05) is 346 Å². The van der Waals surface area contributed by atoms with Gasteiger partial charge in [-0.15, -0.1) is 0 Å². The molecule has 106 heavy (non-hydrogen) atoms. The van der Waals surface area contributed by atoms with Crippen molar-refractivity contribution >= 4 is 11.4 Å². The van der Waals surface area contributed by atoms with Gasteiger partial charge in [0.1, 0.15) is 0 Å². The molecule has 0 saturated carbocycles. The molecule has 2 aromatic carbocycles. The molecule has 0 unspecified atom stereocenters. The molecule has 0 radical (unpaired) electrons. The minimum atomic E-state index is 0.989. The van der Waals surface area contributed by atoms with E-state index in [2.05, 4.69) is 116 Å². The zero-order valence-electron chi connectivity index (χ0n) is 73.0. The van der Waals surface area contributed by atoms with Crippen LogP contribution in [0.4, 0.5) is 0 Å². The van der Waals surface area contributed by atoms with Crippen LogP contribution in [0.1, 0.15) is 532 Å². The van der Waals surface area contributed by atoms with Crippen molar-refractivity contribution in [1.82, 2.24) is 0 Å². The van der Waals surface area contributed by atoms with Crippen molar-refractivity contribution in [3.8, 4) is 0 Å². The zero-order valence-corrected chi connectivity index (χ0v) is 74.6. The van der Waals surface area contributed by atoms with Crippen molar-refractivity contribution in [3.63, 3.8) is 0 Å². The van der Waals surface area contributed by atoms with Crippen molar-refractivity contribution in [1.29, 1.82) is 0 Å². The maximum absolute atomic E-state index is 12.8. The Hall–Kier alpha value is -2.34. The fourth-order valence-electron chi connectivity index (χ4n) is 16.2. The van der Waals surface area contributed by atoms with Crippen LogP contribution in [-0.2, 0) is 43.7 Å². The summed E-state index contributed by atoms with van der Waals surface area (Å²) >= 11 is 1.07. The predicted molar refractivity (Wildman–Crippen MR) is 477 cm³/mol. The molecule has 2 aromatic rings. The second-order valence-corrected chi connectivity index (χ2v) is 35.9. The van der Waals surface area contributed by atoms with E-state index < -0.39 is 0 Å². The van der Waals surface area contributed by atoms with Crippen LogP contribution in [0.5, 0.6) is 0 Å². The van der Waals surface area contributed by atoms with E-state index in [0.717, 1.165) is 87.2 Å². The minimum absolute atomic E-state index is 0.989. The van der Waals surface area contributed by atoms with Gasteiger partial charge in [-0.25, -0.2) is 4.70 Å². The number of allylic oxidation sites excluding steroid dienone is 6. The first-order valence-electron chi connectivity index (χ1n) is 48.3. The number of benzene rings is 2. The molecule has 0 aliphatic carbocycles. The standard InChI is InChI=1S/C81H138N2.2C11H23.Pd/c1-7-12-17-19-21-23-25-27-29-31-33-35-37-39-41-43-45-47-49-51-53-55-57-59-63-75-68-66-73(61-14-9-3)70-78(75)80-72(6)77(65-16-11-5)81(83(80)82)79-71-74(62-15-10-4)67-69-76(79)64-60-58-56-54-52-50-48-46-44-42-40-38-36-34-32-30-28-26-24-22-20-18-13-8-2;2*1-3-5-7-9-11-10-8-6-4-2;/h55-58,66-71H,7-54,59-65H2,1-6H3;2*1,3-11H2,2H3;. The molecular weight excluding hydrogens is 1370 g/mol. The van der Waals surface area contributed by atoms with Crippen LogP contribution < -0.4 is 0 Å². The Bertz CT molecular complexity index is 2340. The Kier molecular flexibility index (Phi) is 73.4. The topological polar surface area (TPSA) is 25.3 Å². The monoisotopic (exact) mass is 1560 g/mol. The fraction of sp³-hybridized carbons (Fsp3) is 0.806. The van der Waals surface area contributed by atoms with E-state index in [9.17, 15) is 5.53 Å². The predicted octanol–water partition coefficient (Wildman–Crippen LogP) is 37.1. The summed E-state index contributed by atoms with van der Waals surface area (Å²) in [5.41, 5.74) is 25.5. The molecule has 0 bridgehead atoms. The van der Waals surface area contributed by atoms with E-state index in [1.807, 2.05) is 0 Å². The average molecular weight is 1560 g/mol. The quantitative estimate of drug-likeness (QED) is 0.0273. The summed E-state index contributed by atoms with van der Waals surface area (Å²) < 4.78 is 1.66. The van der Waals surface area contributed by atoms with Crippen molar-refractivity contribution in [3.05, 3.63) is 111 Å². The summed E-state index contributed by atoms with van der Waals surface area (Å²) in [7, 11) is 0. The van der Waals surface area contributed by atoms with Gasteiger partial charge in [0.25, 0.3) is 0 Å². The molecule has 0 N–H and O–H groups in total. The molecule has 0 fully saturated rings. The van der Waals surface area contributed by atoms with Gasteiger partial charge < -0.3 is 5.53 Å².